The molecule has 0 spiro atoms. The molecule has 0 aliphatic carbocycles. The minimum absolute atomic E-state index is 1.02. The first kappa shape index (κ1) is 58.0. The van der Waals surface area contributed by atoms with Gasteiger partial charge in [0.05, 0.1) is 0 Å². The summed E-state index contributed by atoms with van der Waals surface area (Å²) in [7, 11) is 71.6. The van der Waals surface area contributed by atoms with Crippen molar-refractivity contribution in [2.24, 2.45) is 0 Å². The van der Waals surface area contributed by atoms with Crippen molar-refractivity contribution < 1.29 is 4.42 Å². The van der Waals surface area contributed by atoms with Gasteiger partial charge in [-0.1, -0.05) is 109 Å². The lowest BCUT2D eigenvalue weighted by molar-refractivity contribution is 0.676. The molecule has 1 heterocycles. The van der Waals surface area contributed by atoms with Crippen LogP contribution >= 0.6 is 0 Å². The molecule has 0 unspecified atom stereocenters. The predicted octanol–water partition coefficient (Wildman–Crippen LogP) is -37.9. The highest BCUT2D eigenvalue weighted by atomic mass is 16.3. The average Bonchev–Trinajstić information content (AvgIpc) is 2.50. The molecule has 11 aromatic rings. The van der Waals surface area contributed by atoms with Crippen LogP contribution in [0.3, 0.4) is 0 Å². The second kappa shape index (κ2) is 19.4. The van der Waals surface area contributed by atoms with Gasteiger partial charge in [-0.15, -0.1) is 54.6 Å². The minimum Gasteiger partial charge on any atom is -0.456 e. The lowest BCUT2D eigenvalue weighted by Crippen LogP contribution is -2.52. The van der Waals surface area contributed by atoms with E-state index in [4.69, 9.17) is 4.42 Å². The summed E-state index contributed by atoms with van der Waals surface area (Å²) in [4.78, 5) is 0. The quantitative estimate of drug-likeness (QED) is 0.0977. The number of fused-ring (bicyclic) bond motifs is 10. The Balaban J connectivity index is 1.45. The molecular weight excluding hydrogens is 941 g/mol. The third-order valence-electron chi connectivity index (χ3n) is 23.6. The maximum Gasteiger partial charge on any atom is 0.143 e. The molecular formula is C50H60B30O. The highest BCUT2D eigenvalue weighted by Crippen LogP contribution is 2.44. The van der Waals surface area contributed by atoms with Crippen LogP contribution in [0.5, 0.6) is 0 Å². The molecule has 0 saturated carbocycles. The largest absolute Gasteiger partial charge is 0.456 e. The van der Waals surface area contributed by atoms with Crippen LogP contribution in [-0.4, -0.2) is 235 Å². The SMILES string of the molecule is Bc1c(B)c(-c2c3c(B)c(B)c(B)c(B)c3c(-c3c(B)c(B)c(B)c4oc5c6c(B)c(B)c(B)c(B)c6c(B)c(B)c5c34)c3c(B)c(B)c(B)c(B)c23)c(B)c(-c2c(B)c(B)c(B)c3c(B)c(B)c4c(B)c(B)c(B)c(B)c4c23)c1B. The van der Waals surface area contributed by atoms with Crippen molar-refractivity contribution in [2.75, 3.05) is 0 Å². The summed E-state index contributed by atoms with van der Waals surface area (Å²) in [5.74, 6) is 0. The Morgan fingerprint density at radius 1 is 0.111 bits per heavy atom. The maximum atomic E-state index is 7.61. The van der Waals surface area contributed by atoms with Crippen LogP contribution in [0.4, 0.5) is 0 Å². The molecule has 1 aromatic heterocycles. The van der Waals surface area contributed by atoms with E-state index in [0.717, 1.165) is 11.2 Å². The van der Waals surface area contributed by atoms with Crippen molar-refractivity contribution in [3.05, 3.63) is 0 Å². The molecule has 1 nitrogen and oxygen atoms in total. The Kier molecular flexibility index (Phi) is 13.9. The molecule has 81 heavy (non-hydrogen) atoms. The second-order valence-corrected chi connectivity index (χ2v) is 26.3. The summed E-state index contributed by atoms with van der Waals surface area (Å²) < 4.78 is 7.61. The van der Waals surface area contributed by atoms with E-state index in [0.29, 0.717) is 0 Å². The van der Waals surface area contributed by atoms with Crippen LogP contribution in [0.1, 0.15) is 0 Å². The predicted molar refractivity (Wildman–Crippen MR) is 463 cm³/mol. The van der Waals surface area contributed by atoms with Crippen LogP contribution in [0, 0.1) is 0 Å². The van der Waals surface area contributed by atoms with Crippen molar-refractivity contribution in [3.8, 4) is 33.4 Å². The lowest BCUT2D eigenvalue weighted by Gasteiger charge is -2.32. The van der Waals surface area contributed by atoms with Crippen LogP contribution in [0.2, 0.25) is 0 Å². The maximum absolute atomic E-state index is 7.61. The Hall–Kier alpha value is -4.75. The minimum atomic E-state index is 1.02. The fraction of sp³-hybridized carbons (Fsp3) is 0. The molecule has 0 fully saturated rings. The molecule has 0 aliphatic rings. The topological polar surface area (TPSA) is 13.1 Å². The molecule has 0 bridgehead atoms. The van der Waals surface area contributed by atoms with Gasteiger partial charge >= 0.3 is 0 Å². The smallest absolute Gasteiger partial charge is 0.143 e. The number of hydrogen-bond acceptors (Lipinski definition) is 1. The molecule has 0 saturated heterocycles. The summed E-state index contributed by atoms with van der Waals surface area (Å²) in [5, 5.41) is 16.4. The Morgan fingerprint density at radius 2 is 0.321 bits per heavy atom. The van der Waals surface area contributed by atoms with E-state index in [1.165, 1.54) is 262 Å². The van der Waals surface area contributed by atoms with Gasteiger partial charge in [0.1, 0.15) is 247 Å². The van der Waals surface area contributed by atoms with Crippen molar-refractivity contribution in [1.82, 2.24) is 0 Å². The summed E-state index contributed by atoms with van der Waals surface area (Å²) in [6.45, 7) is 0. The van der Waals surface area contributed by atoms with Crippen molar-refractivity contribution in [3.63, 3.8) is 0 Å². The van der Waals surface area contributed by atoms with Gasteiger partial charge in [0.2, 0.25) is 0 Å². The zero-order chi connectivity index (χ0) is 59.6. The molecule has 0 atom stereocenters. The Morgan fingerprint density at radius 3 is 0.716 bits per heavy atom. The van der Waals surface area contributed by atoms with E-state index in [9.17, 15) is 0 Å². The zero-order valence-corrected chi connectivity index (χ0v) is 55.4. The fourth-order valence-corrected chi connectivity index (χ4v) is 16.4. The van der Waals surface area contributed by atoms with Crippen LogP contribution < -0.4 is 164 Å². The van der Waals surface area contributed by atoms with Gasteiger partial charge in [0.15, 0.2) is 0 Å². The highest BCUT2D eigenvalue weighted by Gasteiger charge is 2.33. The van der Waals surface area contributed by atoms with Gasteiger partial charge < -0.3 is 4.42 Å². The van der Waals surface area contributed by atoms with Crippen LogP contribution in [0.15, 0.2) is 4.42 Å². The molecule has 0 aliphatic heterocycles. The first-order valence-corrected chi connectivity index (χ1v) is 30.2. The molecule has 10 aromatic carbocycles. The normalized spacial score (nSPS) is 12.0. The summed E-state index contributed by atoms with van der Waals surface area (Å²) in [6.07, 6.45) is 0. The van der Waals surface area contributed by atoms with E-state index in [-0.39, 0.29) is 0 Å². The van der Waals surface area contributed by atoms with Crippen LogP contribution in [0.25, 0.3) is 109 Å². The molecule has 0 amide bonds. The zero-order valence-electron chi connectivity index (χ0n) is 55.4. The molecule has 11 rings (SSSR count). The van der Waals surface area contributed by atoms with Crippen LogP contribution in [-0.2, 0) is 0 Å². The lowest BCUT2D eigenvalue weighted by atomic mass is 9.55. The van der Waals surface area contributed by atoms with Gasteiger partial charge in [0.25, 0.3) is 0 Å². The second-order valence-electron chi connectivity index (χ2n) is 26.3. The third kappa shape index (κ3) is 7.30. The Labute approximate surface area is 509 Å². The van der Waals surface area contributed by atoms with Gasteiger partial charge in [-0.2, -0.15) is 0 Å². The highest BCUT2D eigenvalue weighted by molar-refractivity contribution is 6.79. The molecule has 356 valence electrons. The van der Waals surface area contributed by atoms with E-state index in [1.54, 1.807) is 0 Å². The third-order valence-corrected chi connectivity index (χ3v) is 23.6. The number of benzene rings is 10. The summed E-state index contributed by atoms with van der Waals surface area (Å²) in [5.41, 5.74) is 51.3. The first-order valence-electron chi connectivity index (χ1n) is 30.2. The number of hydrogen-bond donors (Lipinski definition) is 0. The summed E-state index contributed by atoms with van der Waals surface area (Å²) >= 11 is 0. The van der Waals surface area contributed by atoms with E-state index >= 15 is 0 Å². The van der Waals surface area contributed by atoms with Crippen molar-refractivity contribution >= 4 is 475 Å². The van der Waals surface area contributed by atoms with Gasteiger partial charge in [-0.25, -0.2) is 0 Å². The van der Waals surface area contributed by atoms with Crippen molar-refractivity contribution in [2.45, 2.75) is 0 Å². The molecule has 0 radical (unpaired) electrons. The Bertz CT molecular complexity index is 4850. The molecule has 0 N–H and O–H groups in total. The van der Waals surface area contributed by atoms with E-state index < -0.39 is 0 Å². The standard InChI is InChI=1S/C50H60B30O/c51-19-12(30(62)38(70)32(64)14(19)9-3-10-15(33(65)44(76)43(75)26(10)58)28(60)27(59)13(3)31(63)37(69)25(9)57)2-6-4(20(52)39(71)41(73)22(6)54)1(5-7(2)23(55)42(74)40(72)21(5)53)8-11-17-35(67)29(61)16-18(36(68)46(78)45(77)34(16)66)49(17)81-50(11)48(80)47(79)24(8)56/h51-80H2. The first-order chi connectivity index (χ1) is 37.8. The molecule has 31 heteroatoms. The van der Waals surface area contributed by atoms with E-state index in [1.807, 2.05) is 0 Å². The van der Waals surface area contributed by atoms with E-state index in [2.05, 4.69) is 235 Å². The van der Waals surface area contributed by atoms with Gasteiger partial charge in [0, 0.05) is 16.2 Å². The van der Waals surface area contributed by atoms with Gasteiger partial charge in [-0.05, 0) is 81.9 Å². The summed E-state index contributed by atoms with van der Waals surface area (Å²) in [6, 6.07) is 0. The number of furan rings is 1. The fourth-order valence-electron chi connectivity index (χ4n) is 16.4. The average molecular weight is 1000 g/mol. The van der Waals surface area contributed by atoms with Crippen molar-refractivity contribution in [1.29, 1.82) is 0 Å². The number of rotatable bonds is 3. The van der Waals surface area contributed by atoms with Gasteiger partial charge in [-0.3, -0.25) is 0 Å². The monoisotopic (exact) mass is 1010 g/mol.